The van der Waals surface area contributed by atoms with Crippen LogP contribution in [0.15, 0.2) is 60.8 Å². The minimum Gasteiger partial charge on any atom is -0.487 e. The first-order valence-electron chi connectivity index (χ1n) is 10.7. The van der Waals surface area contributed by atoms with Gasteiger partial charge in [0.05, 0.1) is 6.20 Å². The Kier molecular flexibility index (Phi) is 9.19. The lowest BCUT2D eigenvalue weighted by Crippen LogP contribution is -2.15. The first kappa shape index (κ1) is 23.1. The molecule has 7 heteroatoms. The van der Waals surface area contributed by atoms with E-state index in [2.05, 4.69) is 49.1 Å². The molecule has 0 saturated heterocycles. The van der Waals surface area contributed by atoms with Gasteiger partial charge in [-0.15, -0.1) is 14.3 Å². The second-order valence-corrected chi connectivity index (χ2v) is 8.36. The van der Waals surface area contributed by atoms with Gasteiger partial charge in [0.15, 0.2) is 0 Å². The van der Waals surface area contributed by atoms with Gasteiger partial charge >= 0.3 is 0 Å². The fourth-order valence-electron chi connectivity index (χ4n) is 3.25. The SMILES string of the molecule is CC(=O)CCCCCn1cc(COc2cccc(CNC(P)c3ccccc3)c2)nn1. The van der Waals surface area contributed by atoms with Crippen LogP contribution in [0.1, 0.15) is 55.2 Å². The van der Waals surface area contributed by atoms with Crippen LogP contribution in [0.3, 0.4) is 0 Å². The lowest BCUT2D eigenvalue weighted by Gasteiger charge is -2.14. The van der Waals surface area contributed by atoms with Gasteiger partial charge < -0.3 is 14.8 Å². The number of aryl methyl sites for hydroxylation is 1. The molecular formula is C24H31N4O2P. The summed E-state index contributed by atoms with van der Waals surface area (Å²) in [5, 5.41) is 11.9. The van der Waals surface area contributed by atoms with E-state index in [1.54, 1.807) is 6.92 Å². The molecule has 0 aliphatic heterocycles. The average molecular weight is 439 g/mol. The van der Waals surface area contributed by atoms with Crippen molar-refractivity contribution in [3.8, 4) is 5.75 Å². The molecule has 3 rings (SSSR count). The third kappa shape index (κ3) is 8.23. The van der Waals surface area contributed by atoms with Gasteiger partial charge in [-0.3, -0.25) is 4.68 Å². The molecule has 6 nitrogen and oxygen atoms in total. The molecule has 0 bridgehead atoms. The molecule has 2 unspecified atom stereocenters. The second-order valence-electron chi connectivity index (χ2n) is 7.69. The van der Waals surface area contributed by atoms with Crippen molar-refractivity contribution < 1.29 is 9.53 Å². The van der Waals surface area contributed by atoms with Gasteiger partial charge in [0.25, 0.3) is 0 Å². The minimum absolute atomic E-state index is 0.197. The van der Waals surface area contributed by atoms with Crippen LogP contribution < -0.4 is 10.1 Å². The predicted octanol–water partition coefficient (Wildman–Crippen LogP) is 4.67. The smallest absolute Gasteiger partial charge is 0.134 e. The van der Waals surface area contributed by atoms with Crippen molar-refractivity contribution in [2.24, 2.45) is 0 Å². The highest BCUT2D eigenvalue weighted by molar-refractivity contribution is 7.17. The Labute approximate surface area is 186 Å². The van der Waals surface area contributed by atoms with Gasteiger partial charge in [-0.25, -0.2) is 0 Å². The summed E-state index contributed by atoms with van der Waals surface area (Å²) in [4.78, 5) is 11.0. The summed E-state index contributed by atoms with van der Waals surface area (Å²) in [6, 6.07) is 18.5. The number of unbranched alkanes of at least 4 members (excludes halogenated alkanes) is 2. The third-order valence-electron chi connectivity index (χ3n) is 4.97. The fraction of sp³-hybridized carbons (Fsp3) is 0.375. The van der Waals surface area contributed by atoms with Crippen molar-refractivity contribution in [1.82, 2.24) is 20.3 Å². The van der Waals surface area contributed by atoms with E-state index in [1.807, 2.05) is 41.2 Å². The number of hydrogen-bond acceptors (Lipinski definition) is 5. The molecule has 0 saturated carbocycles. The van der Waals surface area contributed by atoms with Crippen molar-refractivity contribution in [2.45, 2.75) is 58.1 Å². The monoisotopic (exact) mass is 438 g/mol. The average Bonchev–Trinajstić information content (AvgIpc) is 3.24. The van der Waals surface area contributed by atoms with Gasteiger partial charge in [0.1, 0.15) is 23.8 Å². The van der Waals surface area contributed by atoms with E-state index in [-0.39, 0.29) is 11.6 Å². The van der Waals surface area contributed by atoms with Crippen LogP contribution in [0.5, 0.6) is 5.75 Å². The molecular weight excluding hydrogens is 407 g/mol. The number of rotatable bonds is 13. The van der Waals surface area contributed by atoms with E-state index in [0.29, 0.717) is 13.0 Å². The number of benzene rings is 2. The summed E-state index contributed by atoms with van der Waals surface area (Å²) in [6.07, 6.45) is 5.54. The Morgan fingerprint density at radius 2 is 1.97 bits per heavy atom. The number of ether oxygens (including phenoxy) is 1. The number of carbonyl (C=O) groups is 1. The zero-order valence-corrected chi connectivity index (χ0v) is 19.2. The number of carbonyl (C=O) groups excluding carboxylic acids is 1. The first-order chi connectivity index (χ1) is 15.1. The lowest BCUT2D eigenvalue weighted by molar-refractivity contribution is -0.117. The molecule has 1 aromatic heterocycles. The van der Waals surface area contributed by atoms with Crippen LogP contribution in [0.25, 0.3) is 0 Å². The summed E-state index contributed by atoms with van der Waals surface area (Å²) in [5.74, 6) is 1.27. The normalized spacial score (nSPS) is 11.9. The molecule has 2 aromatic carbocycles. The number of Topliss-reactive ketones (excluding diaryl/α,β-unsaturated/α-hetero) is 1. The van der Waals surface area contributed by atoms with Gasteiger partial charge in [-0.2, -0.15) is 0 Å². The third-order valence-corrected chi connectivity index (χ3v) is 5.59. The summed E-state index contributed by atoms with van der Waals surface area (Å²) in [6.45, 7) is 3.58. The Hall–Kier alpha value is -2.56. The van der Waals surface area contributed by atoms with Crippen LogP contribution in [0, 0.1) is 0 Å². The zero-order valence-electron chi connectivity index (χ0n) is 18.0. The summed E-state index contributed by atoms with van der Waals surface area (Å²) >= 11 is 0. The highest BCUT2D eigenvalue weighted by Gasteiger charge is 2.06. The van der Waals surface area contributed by atoms with Crippen molar-refractivity contribution >= 4 is 15.0 Å². The summed E-state index contributed by atoms with van der Waals surface area (Å²) in [5.41, 5.74) is 3.21. The molecule has 0 radical (unpaired) electrons. The van der Waals surface area contributed by atoms with E-state index in [1.165, 1.54) is 5.56 Å². The van der Waals surface area contributed by atoms with Crippen LogP contribution in [-0.2, 0) is 24.5 Å². The molecule has 3 aromatic rings. The molecule has 31 heavy (non-hydrogen) atoms. The molecule has 0 aliphatic carbocycles. The topological polar surface area (TPSA) is 69.0 Å². The van der Waals surface area contributed by atoms with Crippen molar-refractivity contribution in [3.05, 3.63) is 77.6 Å². The Morgan fingerprint density at radius 3 is 2.77 bits per heavy atom. The largest absolute Gasteiger partial charge is 0.487 e. The van der Waals surface area contributed by atoms with E-state index >= 15 is 0 Å². The molecule has 2 atom stereocenters. The van der Waals surface area contributed by atoms with Gasteiger partial charge in [0.2, 0.25) is 0 Å². The predicted molar refractivity (Wildman–Crippen MR) is 126 cm³/mol. The Balaban J connectivity index is 1.42. The van der Waals surface area contributed by atoms with E-state index in [0.717, 1.165) is 49.4 Å². The molecule has 0 fully saturated rings. The molecule has 1 heterocycles. The lowest BCUT2D eigenvalue weighted by atomic mass is 10.1. The zero-order chi connectivity index (χ0) is 21.9. The molecule has 164 valence electrons. The maximum atomic E-state index is 11.0. The van der Waals surface area contributed by atoms with Crippen molar-refractivity contribution in [1.29, 1.82) is 0 Å². The van der Waals surface area contributed by atoms with Crippen molar-refractivity contribution in [2.75, 3.05) is 0 Å². The second kappa shape index (κ2) is 12.3. The molecule has 0 amide bonds. The van der Waals surface area contributed by atoms with Gasteiger partial charge in [0, 0.05) is 25.3 Å². The standard InChI is InChI=1S/C24H31N4O2P/c1-19(29)9-4-3-7-14-28-17-22(26-27-28)18-30-23-13-8-10-20(15-23)16-25-24(31)21-11-5-2-6-12-21/h2,5-6,8,10-13,15,17,24-25H,3-4,7,9,14,16,18,31H2,1H3. The minimum atomic E-state index is 0.197. The maximum Gasteiger partial charge on any atom is 0.134 e. The van der Waals surface area contributed by atoms with Crippen LogP contribution >= 0.6 is 9.24 Å². The van der Waals surface area contributed by atoms with E-state index in [4.69, 9.17) is 4.74 Å². The Morgan fingerprint density at radius 1 is 1.13 bits per heavy atom. The number of nitrogens with one attached hydrogen (secondary N) is 1. The Bertz CT molecular complexity index is 946. The summed E-state index contributed by atoms with van der Waals surface area (Å²) in [7, 11) is 2.84. The van der Waals surface area contributed by atoms with E-state index < -0.39 is 0 Å². The quantitative estimate of drug-likeness (QED) is 0.310. The van der Waals surface area contributed by atoms with E-state index in [9.17, 15) is 4.79 Å². The summed E-state index contributed by atoms with van der Waals surface area (Å²) < 4.78 is 7.76. The number of aromatic nitrogens is 3. The number of hydrogen-bond donors (Lipinski definition) is 1. The molecule has 0 aliphatic rings. The van der Waals surface area contributed by atoms with Crippen LogP contribution in [0.2, 0.25) is 0 Å². The van der Waals surface area contributed by atoms with Gasteiger partial charge in [-0.05, 0) is 43.0 Å². The maximum absolute atomic E-state index is 11.0. The highest BCUT2D eigenvalue weighted by atomic mass is 31.0. The number of ketones is 1. The highest BCUT2D eigenvalue weighted by Crippen LogP contribution is 2.21. The van der Waals surface area contributed by atoms with Crippen LogP contribution in [-0.4, -0.2) is 20.8 Å². The fourth-order valence-corrected chi connectivity index (χ4v) is 3.59. The van der Waals surface area contributed by atoms with Crippen molar-refractivity contribution in [3.63, 3.8) is 0 Å². The van der Waals surface area contributed by atoms with Gasteiger partial charge in [-0.1, -0.05) is 54.1 Å². The number of nitrogens with zero attached hydrogens (tertiary/aromatic N) is 3. The first-order valence-corrected chi connectivity index (χ1v) is 11.4. The van der Waals surface area contributed by atoms with Crippen LogP contribution in [0.4, 0.5) is 0 Å². The molecule has 1 N–H and O–H groups in total. The molecule has 0 spiro atoms.